The van der Waals surface area contributed by atoms with Crippen molar-refractivity contribution in [3.8, 4) is 0 Å². The largest absolute Gasteiger partial charge is 0.380 e. The molecule has 1 aromatic heterocycles. The van der Waals surface area contributed by atoms with Crippen LogP contribution in [0.1, 0.15) is 23.9 Å². The predicted octanol–water partition coefficient (Wildman–Crippen LogP) is 2.09. The topological polar surface area (TPSA) is 54.0 Å². The van der Waals surface area contributed by atoms with Gasteiger partial charge in [0.15, 0.2) is 11.6 Å². The van der Waals surface area contributed by atoms with Crippen molar-refractivity contribution in [1.82, 2.24) is 20.1 Å². The number of methoxy groups -OCH3 is 1. The van der Waals surface area contributed by atoms with Crippen LogP contribution in [0.5, 0.6) is 0 Å². The molecule has 7 heteroatoms. The van der Waals surface area contributed by atoms with Gasteiger partial charge in [-0.2, -0.15) is 5.10 Å². The molecule has 0 saturated carbocycles. The molecule has 0 bridgehead atoms. The van der Waals surface area contributed by atoms with Crippen LogP contribution >= 0.6 is 0 Å². The van der Waals surface area contributed by atoms with Crippen LogP contribution in [-0.4, -0.2) is 46.4 Å². The summed E-state index contributed by atoms with van der Waals surface area (Å²) < 4.78 is 31.7. The standard InChI is InChI=1S/C15H18F2N4O/c1-22-11-7-14(15-18-9-19-20-15)21(8-11)5-4-10-2-3-12(16)13(17)6-10/h2-3,6,9,11,14H,4-5,7-8H2,1H3,(H,18,19,20)/t11-,14+/m1/s1. The average Bonchev–Trinajstić information content (AvgIpc) is 3.16. The van der Waals surface area contributed by atoms with Crippen molar-refractivity contribution in [2.24, 2.45) is 0 Å². The minimum absolute atomic E-state index is 0.109. The van der Waals surface area contributed by atoms with Crippen LogP contribution in [0.2, 0.25) is 0 Å². The number of benzene rings is 1. The lowest BCUT2D eigenvalue weighted by atomic mass is 10.1. The van der Waals surface area contributed by atoms with Gasteiger partial charge in [-0.05, 0) is 30.5 Å². The quantitative estimate of drug-likeness (QED) is 0.919. The van der Waals surface area contributed by atoms with Gasteiger partial charge in [-0.25, -0.2) is 13.8 Å². The van der Waals surface area contributed by atoms with Gasteiger partial charge >= 0.3 is 0 Å². The highest BCUT2D eigenvalue weighted by Gasteiger charge is 2.34. The minimum atomic E-state index is -0.816. The smallest absolute Gasteiger partial charge is 0.159 e. The zero-order valence-electron chi connectivity index (χ0n) is 12.3. The fourth-order valence-electron chi connectivity index (χ4n) is 2.91. The molecule has 2 atom stereocenters. The summed E-state index contributed by atoms with van der Waals surface area (Å²) in [6, 6.07) is 4.15. The number of hydrogen-bond acceptors (Lipinski definition) is 4. The fraction of sp³-hybridized carbons (Fsp3) is 0.467. The van der Waals surface area contributed by atoms with E-state index in [2.05, 4.69) is 20.1 Å². The van der Waals surface area contributed by atoms with Crippen molar-refractivity contribution in [2.75, 3.05) is 20.2 Å². The normalized spacial score (nSPS) is 22.3. The van der Waals surface area contributed by atoms with E-state index in [0.29, 0.717) is 6.42 Å². The van der Waals surface area contributed by atoms with Gasteiger partial charge in [0.2, 0.25) is 0 Å². The molecular weight excluding hydrogens is 290 g/mol. The van der Waals surface area contributed by atoms with E-state index in [1.54, 1.807) is 13.2 Å². The highest BCUT2D eigenvalue weighted by molar-refractivity contribution is 5.18. The predicted molar refractivity (Wildman–Crippen MR) is 76.2 cm³/mol. The summed E-state index contributed by atoms with van der Waals surface area (Å²) >= 11 is 0. The lowest BCUT2D eigenvalue weighted by molar-refractivity contribution is 0.108. The van der Waals surface area contributed by atoms with Crippen LogP contribution in [0.3, 0.4) is 0 Å². The van der Waals surface area contributed by atoms with Gasteiger partial charge in [0.1, 0.15) is 12.2 Å². The molecule has 0 radical (unpaired) electrons. The number of likely N-dealkylation sites (tertiary alicyclic amines) is 1. The fourth-order valence-corrected chi connectivity index (χ4v) is 2.91. The summed E-state index contributed by atoms with van der Waals surface area (Å²) in [5.74, 6) is -0.811. The molecule has 118 valence electrons. The van der Waals surface area contributed by atoms with Gasteiger partial charge in [0.05, 0.1) is 12.1 Å². The zero-order valence-corrected chi connectivity index (χ0v) is 12.3. The molecule has 0 amide bonds. The lowest BCUT2D eigenvalue weighted by Gasteiger charge is -2.22. The summed E-state index contributed by atoms with van der Waals surface area (Å²) in [5, 5.41) is 6.80. The number of H-pyrrole nitrogens is 1. The number of hydrogen-bond donors (Lipinski definition) is 1. The molecule has 1 aromatic carbocycles. The number of nitrogens with one attached hydrogen (secondary N) is 1. The third kappa shape index (κ3) is 3.15. The number of aromatic amines is 1. The van der Waals surface area contributed by atoms with Crippen molar-refractivity contribution >= 4 is 0 Å². The first kappa shape index (κ1) is 15.1. The number of nitrogens with zero attached hydrogens (tertiary/aromatic N) is 3. The van der Waals surface area contributed by atoms with Crippen molar-refractivity contribution < 1.29 is 13.5 Å². The van der Waals surface area contributed by atoms with E-state index in [1.165, 1.54) is 18.5 Å². The van der Waals surface area contributed by atoms with Crippen LogP contribution in [0, 0.1) is 11.6 Å². The van der Waals surface area contributed by atoms with Crippen LogP contribution in [0.4, 0.5) is 8.78 Å². The molecule has 1 fully saturated rings. The summed E-state index contributed by atoms with van der Waals surface area (Å²) in [5.41, 5.74) is 0.774. The molecule has 3 rings (SSSR count). The van der Waals surface area contributed by atoms with E-state index in [1.807, 2.05) is 0 Å². The van der Waals surface area contributed by atoms with E-state index < -0.39 is 11.6 Å². The SMILES string of the molecule is CO[C@@H]1C[C@@H](c2ncn[nH]2)N(CCc2ccc(F)c(F)c2)C1. The maximum atomic E-state index is 13.3. The number of rotatable bonds is 5. The molecule has 2 aromatic rings. The van der Waals surface area contributed by atoms with Crippen LogP contribution in [-0.2, 0) is 11.2 Å². The van der Waals surface area contributed by atoms with E-state index in [-0.39, 0.29) is 12.1 Å². The Kier molecular flexibility index (Phi) is 4.44. The molecule has 0 aliphatic carbocycles. The number of ether oxygens (including phenoxy) is 1. The maximum Gasteiger partial charge on any atom is 0.159 e. The van der Waals surface area contributed by atoms with E-state index in [9.17, 15) is 8.78 Å². The molecule has 2 heterocycles. The van der Waals surface area contributed by atoms with Crippen molar-refractivity contribution in [1.29, 1.82) is 0 Å². The van der Waals surface area contributed by atoms with E-state index in [0.717, 1.165) is 30.9 Å². The Bertz CT molecular complexity index is 620. The summed E-state index contributed by atoms with van der Waals surface area (Å²) in [7, 11) is 1.70. The monoisotopic (exact) mass is 308 g/mol. The summed E-state index contributed by atoms with van der Waals surface area (Å²) in [6.45, 7) is 1.50. The third-order valence-corrected chi connectivity index (χ3v) is 4.12. The van der Waals surface area contributed by atoms with E-state index >= 15 is 0 Å². The van der Waals surface area contributed by atoms with E-state index in [4.69, 9.17) is 4.74 Å². The van der Waals surface area contributed by atoms with Crippen molar-refractivity contribution in [3.63, 3.8) is 0 Å². The van der Waals surface area contributed by atoms with Gasteiger partial charge < -0.3 is 4.74 Å². The second-order valence-corrected chi connectivity index (χ2v) is 5.47. The Hall–Kier alpha value is -1.86. The summed E-state index contributed by atoms with van der Waals surface area (Å²) in [4.78, 5) is 6.46. The average molecular weight is 308 g/mol. The zero-order chi connectivity index (χ0) is 15.5. The first-order chi connectivity index (χ1) is 10.7. The van der Waals surface area contributed by atoms with Gasteiger partial charge in [0, 0.05) is 20.2 Å². The van der Waals surface area contributed by atoms with Gasteiger partial charge in [-0.3, -0.25) is 10.00 Å². The molecule has 1 N–H and O–H groups in total. The minimum Gasteiger partial charge on any atom is -0.380 e. The molecule has 1 aliphatic heterocycles. The van der Waals surface area contributed by atoms with Gasteiger partial charge in [-0.15, -0.1) is 0 Å². The third-order valence-electron chi connectivity index (χ3n) is 4.12. The molecule has 22 heavy (non-hydrogen) atoms. The molecule has 0 unspecified atom stereocenters. The Morgan fingerprint density at radius 1 is 1.36 bits per heavy atom. The van der Waals surface area contributed by atoms with Crippen LogP contribution in [0.25, 0.3) is 0 Å². The van der Waals surface area contributed by atoms with Gasteiger partial charge in [0.25, 0.3) is 0 Å². The lowest BCUT2D eigenvalue weighted by Crippen LogP contribution is -2.28. The van der Waals surface area contributed by atoms with Crippen molar-refractivity contribution in [3.05, 3.63) is 47.5 Å². The van der Waals surface area contributed by atoms with Gasteiger partial charge in [-0.1, -0.05) is 6.07 Å². The van der Waals surface area contributed by atoms with Crippen LogP contribution < -0.4 is 0 Å². The molecule has 1 saturated heterocycles. The Balaban J connectivity index is 1.68. The maximum absolute atomic E-state index is 13.3. The van der Waals surface area contributed by atoms with Crippen LogP contribution in [0.15, 0.2) is 24.5 Å². The first-order valence-electron chi connectivity index (χ1n) is 7.23. The molecular formula is C15H18F2N4O. The summed E-state index contributed by atoms with van der Waals surface area (Å²) in [6.07, 6.45) is 3.10. The Labute approximate surface area is 127 Å². The second-order valence-electron chi connectivity index (χ2n) is 5.47. The Morgan fingerprint density at radius 3 is 2.91 bits per heavy atom. The molecule has 0 spiro atoms. The first-order valence-corrected chi connectivity index (χ1v) is 7.23. The van der Waals surface area contributed by atoms with Crippen molar-refractivity contribution in [2.45, 2.75) is 25.0 Å². The highest BCUT2D eigenvalue weighted by Crippen LogP contribution is 2.31. The Morgan fingerprint density at radius 2 is 2.23 bits per heavy atom. The molecule has 5 nitrogen and oxygen atoms in total. The second kappa shape index (κ2) is 6.50. The highest BCUT2D eigenvalue weighted by atomic mass is 19.2. The molecule has 1 aliphatic rings. The number of aromatic nitrogens is 3. The number of halogens is 2.